The van der Waals surface area contributed by atoms with E-state index in [1.165, 1.54) is 22.3 Å². The summed E-state index contributed by atoms with van der Waals surface area (Å²) in [4.78, 5) is 2.28. The minimum absolute atomic E-state index is 0.331. The van der Waals surface area contributed by atoms with Crippen LogP contribution >= 0.6 is 0 Å². The predicted octanol–water partition coefficient (Wildman–Crippen LogP) is 2.87. The number of benzene rings is 2. The Kier molecular flexibility index (Phi) is 3.84. The molecule has 0 saturated carbocycles. The zero-order chi connectivity index (χ0) is 14.8. The summed E-state index contributed by atoms with van der Waals surface area (Å²) in [5, 5.41) is 19.4. The lowest BCUT2D eigenvalue weighted by Gasteiger charge is -2.22. The molecule has 3 heteroatoms. The fraction of sp³-hybridized carbons (Fsp3) is 0.333. The van der Waals surface area contributed by atoms with Gasteiger partial charge in [0.15, 0.2) is 0 Å². The third kappa shape index (κ3) is 3.19. The van der Waals surface area contributed by atoms with Crippen molar-refractivity contribution in [2.45, 2.75) is 25.8 Å². The minimum atomic E-state index is 0.331. The van der Waals surface area contributed by atoms with Crippen LogP contribution in [0.4, 0.5) is 0 Å². The van der Waals surface area contributed by atoms with Crippen molar-refractivity contribution < 1.29 is 10.2 Å². The van der Waals surface area contributed by atoms with Crippen LogP contribution in [0.15, 0.2) is 36.4 Å². The lowest BCUT2D eigenvalue weighted by atomic mass is 9.94. The van der Waals surface area contributed by atoms with Crippen molar-refractivity contribution in [1.82, 2.24) is 4.90 Å². The number of hydrogen-bond acceptors (Lipinski definition) is 3. The van der Waals surface area contributed by atoms with E-state index in [1.807, 2.05) is 24.3 Å². The molecule has 0 saturated heterocycles. The van der Waals surface area contributed by atoms with E-state index in [-0.39, 0.29) is 0 Å². The van der Waals surface area contributed by atoms with Gasteiger partial charge in [-0.15, -0.1) is 0 Å². The lowest BCUT2D eigenvalue weighted by molar-refractivity contribution is 0.328. The molecule has 0 aromatic heterocycles. The summed E-state index contributed by atoms with van der Waals surface area (Å²) in [5.74, 6) is 0.669. The van der Waals surface area contributed by atoms with E-state index in [2.05, 4.69) is 11.9 Å². The van der Waals surface area contributed by atoms with Gasteiger partial charge in [-0.25, -0.2) is 0 Å². The second-order valence-electron chi connectivity index (χ2n) is 5.89. The minimum Gasteiger partial charge on any atom is -0.508 e. The number of fused-ring (bicyclic) bond motifs is 2. The molecule has 110 valence electrons. The van der Waals surface area contributed by atoms with Crippen LogP contribution in [0, 0.1) is 0 Å². The van der Waals surface area contributed by atoms with Gasteiger partial charge in [-0.2, -0.15) is 0 Å². The standard InChI is InChI=1S/C18H21NO2/c1-19-9-8-14-5-7-17(20)10-15(14)3-2-13-4-6-18(21)11-16(13)12-19/h4-7,10-11,20-21H,2-3,8-9,12H2,1H3. The Morgan fingerprint density at radius 3 is 2.05 bits per heavy atom. The molecule has 3 rings (SSSR count). The van der Waals surface area contributed by atoms with Gasteiger partial charge in [0.1, 0.15) is 11.5 Å². The molecule has 0 amide bonds. The molecule has 0 radical (unpaired) electrons. The van der Waals surface area contributed by atoms with E-state index in [0.717, 1.165) is 32.4 Å². The van der Waals surface area contributed by atoms with Crippen LogP contribution in [0.2, 0.25) is 0 Å². The number of nitrogens with zero attached hydrogens (tertiary/aromatic N) is 1. The average molecular weight is 283 g/mol. The largest absolute Gasteiger partial charge is 0.508 e. The van der Waals surface area contributed by atoms with E-state index < -0.39 is 0 Å². The zero-order valence-corrected chi connectivity index (χ0v) is 12.3. The summed E-state index contributed by atoms with van der Waals surface area (Å²) in [6.07, 6.45) is 2.84. The first-order valence-corrected chi connectivity index (χ1v) is 7.42. The first kappa shape index (κ1) is 14.0. The molecule has 0 aliphatic carbocycles. The van der Waals surface area contributed by atoms with E-state index in [4.69, 9.17) is 0 Å². The molecule has 1 heterocycles. The third-order valence-corrected chi connectivity index (χ3v) is 4.25. The Morgan fingerprint density at radius 1 is 0.762 bits per heavy atom. The van der Waals surface area contributed by atoms with Gasteiger partial charge in [0.2, 0.25) is 0 Å². The van der Waals surface area contributed by atoms with E-state index in [1.54, 1.807) is 12.1 Å². The predicted molar refractivity (Wildman–Crippen MR) is 83.7 cm³/mol. The molecule has 3 nitrogen and oxygen atoms in total. The summed E-state index contributed by atoms with van der Waals surface area (Å²) >= 11 is 0. The van der Waals surface area contributed by atoms with Crippen LogP contribution in [-0.4, -0.2) is 28.7 Å². The van der Waals surface area contributed by atoms with Crippen molar-refractivity contribution in [3.63, 3.8) is 0 Å². The molecule has 21 heavy (non-hydrogen) atoms. The number of hydrogen-bond donors (Lipinski definition) is 2. The van der Waals surface area contributed by atoms with Crippen molar-refractivity contribution >= 4 is 0 Å². The number of rotatable bonds is 0. The molecule has 0 unspecified atom stereocenters. The maximum Gasteiger partial charge on any atom is 0.115 e. The molecule has 0 spiro atoms. The summed E-state index contributed by atoms with van der Waals surface area (Å²) in [5.41, 5.74) is 5.02. The monoisotopic (exact) mass is 283 g/mol. The van der Waals surface area contributed by atoms with Gasteiger partial charge in [0.25, 0.3) is 0 Å². The topological polar surface area (TPSA) is 43.7 Å². The third-order valence-electron chi connectivity index (χ3n) is 4.25. The fourth-order valence-electron chi connectivity index (χ4n) is 3.04. The maximum atomic E-state index is 9.72. The lowest BCUT2D eigenvalue weighted by Crippen LogP contribution is -2.23. The molecule has 0 atom stereocenters. The second-order valence-corrected chi connectivity index (χ2v) is 5.89. The van der Waals surface area contributed by atoms with Gasteiger partial charge in [-0.3, -0.25) is 0 Å². The molecule has 2 aromatic carbocycles. The molecule has 1 aliphatic heterocycles. The Hall–Kier alpha value is -2.00. The van der Waals surface area contributed by atoms with Crippen LogP contribution in [0.1, 0.15) is 22.3 Å². The molecular weight excluding hydrogens is 262 g/mol. The highest BCUT2D eigenvalue weighted by molar-refractivity contribution is 5.39. The van der Waals surface area contributed by atoms with E-state index in [0.29, 0.717) is 11.5 Å². The van der Waals surface area contributed by atoms with Crippen LogP contribution in [0.3, 0.4) is 0 Å². The maximum absolute atomic E-state index is 9.72. The number of phenolic OH excluding ortho intramolecular Hbond substituents is 2. The van der Waals surface area contributed by atoms with Crippen molar-refractivity contribution in [3.8, 4) is 11.5 Å². The van der Waals surface area contributed by atoms with Gasteiger partial charge in [-0.1, -0.05) is 12.1 Å². The van der Waals surface area contributed by atoms with Crippen LogP contribution in [-0.2, 0) is 25.8 Å². The number of aryl methyl sites for hydroxylation is 2. The Bertz CT molecular complexity index is 652. The Labute approximate surface area is 125 Å². The first-order chi connectivity index (χ1) is 10.1. The smallest absolute Gasteiger partial charge is 0.115 e. The zero-order valence-electron chi connectivity index (χ0n) is 12.3. The number of likely N-dealkylation sites (N-methyl/N-ethyl adjacent to an activating group) is 1. The van der Waals surface area contributed by atoms with Gasteiger partial charge < -0.3 is 15.1 Å². The quantitative estimate of drug-likeness (QED) is 0.781. The van der Waals surface area contributed by atoms with Crippen LogP contribution in [0.25, 0.3) is 0 Å². The Morgan fingerprint density at radius 2 is 1.33 bits per heavy atom. The molecule has 1 aliphatic rings. The SMILES string of the molecule is CN1CCc2ccc(O)cc2CCc2ccc(O)cc2C1. The van der Waals surface area contributed by atoms with Gasteiger partial charge >= 0.3 is 0 Å². The van der Waals surface area contributed by atoms with Gasteiger partial charge in [-0.05, 0) is 72.8 Å². The van der Waals surface area contributed by atoms with Crippen molar-refractivity contribution in [2.75, 3.05) is 13.6 Å². The molecule has 2 N–H and O–H groups in total. The highest BCUT2D eigenvalue weighted by atomic mass is 16.3. The highest BCUT2D eigenvalue weighted by Crippen LogP contribution is 2.24. The second kappa shape index (κ2) is 5.78. The van der Waals surface area contributed by atoms with Crippen molar-refractivity contribution in [1.29, 1.82) is 0 Å². The molecule has 0 bridgehead atoms. The van der Waals surface area contributed by atoms with E-state index in [9.17, 15) is 10.2 Å². The number of phenols is 2. The normalized spacial score (nSPS) is 16.0. The van der Waals surface area contributed by atoms with Crippen molar-refractivity contribution in [3.05, 3.63) is 58.7 Å². The number of aromatic hydroxyl groups is 2. The summed E-state index contributed by atoms with van der Waals surface area (Å²) in [6.45, 7) is 1.82. The summed E-state index contributed by atoms with van der Waals surface area (Å²) in [7, 11) is 2.11. The average Bonchev–Trinajstić information content (AvgIpc) is 2.45. The van der Waals surface area contributed by atoms with Crippen LogP contribution < -0.4 is 0 Å². The fourth-order valence-corrected chi connectivity index (χ4v) is 3.04. The summed E-state index contributed by atoms with van der Waals surface area (Å²) in [6, 6.07) is 11.3. The Balaban J connectivity index is 1.97. The highest BCUT2D eigenvalue weighted by Gasteiger charge is 2.12. The molecular formula is C18H21NO2. The van der Waals surface area contributed by atoms with Gasteiger partial charge in [0, 0.05) is 13.1 Å². The summed E-state index contributed by atoms with van der Waals surface area (Å²) < 4.78 is 0. The van der Waals surface area contributed by atoms with E-state index >= 15 is 0 Å². The molecule has 0 fully saturated rings. The van der Waals surface area contributed by atoms with Gasteiger partial charge in [0.05, 0.1) is 0 Å². The van der Waals surface area contributed by atoms with Crippen molar-refractivity contribution in [2.24, 2.45) is 0 Å². The first-order valence-electron chi connectivity index (χ1n) is 7.42. The molecule has 2 aromatic rings. The van der Waals surface area contributed by atoms with Crippen LogP contribution in [0.5, 0.6) is 11.5 Å².